The second kappa shape index (κ2) is 10.3. The molecule has 0 bridgehead atoms. The van der Waals surface area contributed by atoms with Crippen LogP contribution in [0.4, 0.5) is 0 Å². The summed E-state index contributed by atoms with van der Waals surface area (Å²) >= 11 is 0. The molecule has 210 valence electrons. The minimum absolute atomic E-state index is 0.150. The second-order valence-electron chi connectivity index (χ2n) is 11.2. The van der Waals surface area contributed by atoms with Crippen LogP contribution in [0, 0.1) is 0 Å². The van der Waals surface area contributed by atoms with Crippen molar-refractivity contribution in [2.45, 2.75) is 0 Å². The average molecular weight is 579 g/mol. The Kier molecular flexibility index (Phi) is 4.78. The molecule has 0 spiro atoms. The van der Waals surface area contributed by atoms with E-state index in [1.54, 1.807) is 12.3 Å². The molecule has 7 aromatic carbocycles. The molecule has 9 rings (SSSR count). The molecule has 0 aliphatic heterocycles. The molecule has 2 heteroatoms. The zero-order chi connectivity index (χ0) is 34.1. The van der Waals surface area contributed by atoms with Gasteiger partial charge in [-0.1, -0.05) is 121 Å². The summed E-state index contributed by atoms with van der Waals surface area (Å²) in [5.41, 5.74) is 8.46. The maximum atomic E-state index is 8.53. The van der Waals surface area contributed by atoms with Crippen LogP contribution in [0.3, 0.4) is 0 Å². The van der Waals surface area contributed by atoms with E-state index in [4.69, 9.17) is 11.3 Å². The van der Waals surface area contributed by atoms with E-state index < -0.39 is 6.04 Å². The molecule has 0 fully saturated rings. The first kappa shape index (κ1) is 20.8. The predicted octanol–water partition coefficient (Wildman–Crippen LogP) is 12.0. The molecule has 0 saturated carbocycles. The number of pyridine rings is 1. The van der Waals surface area contributed by atoms with Crippen LogP contribution in [-0.4, -0.2) is 4.98 Å². The SMILES string of the molecule is [2H]c1c([2H])c([2H])c(-c2ccc3c(c2)oc2cccc(-c4c5ccccc5c(-c5ccccc5)c5cc(-c6cccnc6)ccc45)c23)c([2H])c1[2H]. The monoisotopic (exact) mass is 578 g/mol. The van der Waals surface area contributed by atoms with Gasteiger partial charge in [-0.25, -0.2) is 0 Å². The lowest BCUT2D eigenvalue weighted by Gasteiger charge is -2.19. The van der Waals surface area contributed by atoms with Crippen molar-refractivity contribution in [3.05, 3.63) is 164 Å². The van der Waals surface area contributed by atoms with Crippen molar-refractivity contribution in [3.8, 4) is 44.5 Å². The number of fused-ring (bicyclic) bond motifs is 5. The van der Waals surface area contributed by atoms with Gasteiger partial charge in [0.05, 0.1) is 6.85 Å². The molecule has 0 N–H and O–H groups in total. The summed E-state index contributed by atoms with van der Waals surface area (Å²) in [4.78, 5) is 4.38. The highest BCUT2D eigenvalue weighted by atomic mass is 16.3. The molecule has 0 aliphatic carbocycles. The Morgan fingerprint density at radius 1 is 0.467 bits per heavy atom. The Bertz CT molecular complexity index is 2780. The number of furan rings is 1. The lowest BCUT2D eigenvalue weighted by atomic mass is 9.84. The molecule has 0 unspecified atom stereocenters. The summed E-state index contributed by atoms with van der Waals surface area (Å²) in [5.74, 6) is 0. The zero-order valence-corrected chi connectivity index (χ0v) is 24.1. The Hall–Kier alpha value is -5.99. The number of nitrogens with zero attached hydrogens (tertiary/aromatic N) is 1. The highest BCUT2D eigenvalue weighted by Crippen LogP contribution is 2.47. The molecule has 9 aromatic rings. The van der Waals surface area contributed by atoms with E-state index >= 15 is 0 Å². The number of benzene rings is 7. The summed E-state index contributed by atoms with van der Waals surface area (Å²) < 4.78 is 47.9. The molecule has 45 heavy (non-hydrogen) atoms. The van der Waals surface area contributed by atoms with Gasteiger partial charge in [0.15, 0.2) is 0 Å². The molecule has 2 heterocycles. The Labute approximate surface area is 267 Å². The van der Waals surface area contributed by atoms with Crippen molar-refractivity contribution >= 4 is 43.5 Å². The summed E-state index contributed by atoms with van der Waals surface area (Å²) in [6.45, 7) is 0. The van der Waals surface area contributed by atoms with E-state index in [0.29, 0.717) is 16.7 Å². The van der Waals surface area contributed by atoms with E-state index in [-0.39, 0.29) is 29.7 Å². The van der Waals surface area contributed by atoms with Gasteiger partial charge in [-0.3, -0.25) is 4.98 Å². The summed E-state index contributed by atoms with van der Waals surface area (Å²) in [5, 5.41) is 6.31. The van der Waals surface area contributed by atoms with Gasteiger partial charge < -0.3 is 4.42 Å². The maximum absolute atomic E-state index is 8.53. The standard InChI is InChI=1S/C43H27NO/c1-3-11-28(12-4-1)31-21-23-36-40(26-31)45-39-19-9-18-37(43(36)39)42-34-17-8-7-16-33(34)41(29-13-5-2-6-14-29)38-25-30(20-22-35(38)42)32-15-10-24-44-27-32/h1-27H/i1D,3D,4D,11D,12D. The maximum Gasteiger partial charge on any atom is 0.136 e. The molecular formula is C43H27NO. The zero-order valence-electron chi connectivity index (χ0n) is 29.1. The summed E-state index contributed by atoms with van der Waals surface area (Å²) in [7, 11) is 0. The topological polar surface area (TPSA) is 26.0 Å². The highest BCUT2D eigenvalue weighted by molar-refractivity contribution is 6.26. The Morgan fingerprint density at radius 2 is 1.18 bits per heavy atom. The normalized spacial score (nSPS) is 13.1. The molecule has 2 nitrogen and oxygen atoms in total. The van der Waals surface area contributed by atoms with Crippen LogP contribution in [0.5, 0.6) is 0 Å². The number of rotatable bonds is 4. The van der Waals surface area contributed by atoms with Gasteiger partial charge in [-0.2, -0.15) is 0 Å². The van der Waals surface area contributed by atoms with E-state index in [2.05, 4.69) is 83.8 Å². The van der Waals surface area contributed by atoms with Gasteiger partial charge in [-0.05, 0) is 90.8 Å². The largest absolute Gasteiger partial charge is 0.456 e. The lowest BCUT2D eigenvalue weighted by molar-refractivity contribution is 0.669. The van der Waals surface area contributed by atoms with Crippen molar-refractivity contribution in [1.29, 1.82) is 0 Å². The van der Waals surface area contributed by atoms with E-state index in [0.717, 1.165) is 65.7 Å². The van der Waals surface area contributed by atoms with Crippen molar-refractivity contribution < 1.29 is 11.3 Å². The summed E-state index contributed by atoms with van der Waals surface area (Å²) in [6, 6.07) is 39.7. The van der Waals surface area contributed by atoms with E-state index in [1.165, 1.54) is 0 Å². The fraction of sp³-hybridized carbons (Fsp3) is 0. The van der Waals surface area contributed by atoms with Crippen LogP contribution < -0.4 is 0 Å². The van der Waals surface area contributed by atoms with Crippen LogP contribution in [-0.2, 0) is 0 Å². The second-order valence-corrected chi connectivity index (χ2v) is 11.2. The minimum atomic E-state index is -0.413. The molecule has 0 saturated heterocycles. The smallest absolute Gasteiger partial charge is 0.136 e. The van der Waals surface area contributed by atoms with Crippen molar-refractivity contribution in [2.24, 2.45) is 0 Å². The van der Waals surface area contributed by atoms with Crippen LogP contribution in [0.25, 0.3) is 88.0 Å². The van der Waals surface area contributed by atoms with Crippen LogP contribution in [0.1, 0.15) is 6.85 Å². The molecular weight excluding hydrogens is 546 g/mol. The van der Waals surface area contributed by atoms with Crippen LogP contribution >= 0.6 is 0 Å². The summed E-state index contributed by atoms with van der Waals surface area (Å²) in [6.07, 6.45) is 3.68. The fourth-order valence-electron chi connectivity index (χ4n) is 6.68. The van der Waals surface area contributed by atoms with Gasteiger partial charge >= 0.3 is 0 Å². The number of hydrogen-bond acceptors (Lipinski definition) is 2. The average Bonchev–Trinajstić information content (AvgIpc) is 3.54. The first-order valence-corrected chi connectivity index (χ1v) is 14.9. The third kappa shape index (κ3) is 4.15. The van der Waals surface area contributed by atoms with Crippen LogP contribution in [0.2, 0.25) is 0 Å². The van der Waals surface area contributed by atoms with Gasteiger partial charge in [0.25, 0.3) is 0 Å². The first-order chi connectivity index (χ1) is 24.4. The Morgan fingerprint density at radius 3 is 1.98 bits per heavy atom. The fourth-order valence-corrected chi connectivity index (χ4v) is 6.68. The van der Waals surface area contributed by atoms with Gasteiger partial charge in [0.2, 0.25) is 0 Å². The van der Waals surface area contributed by atoms with E-state index in [9.17, 15) is 0 Å². The van der Waals surface area contributed by atoms with Crippen molar-refractivity contribution in [2.75, 3.05) is 0 Å². The third-order valence-corrected chi connectivity index (χ3v) is 8.64. The quantitative estimate of drug-likeness (QED) is 0.194. The Balaban J connectivity index is 1.36. The van der Waals surface area contributed by atoms with Crippen LogP contribution in [0.15, 0.2) is 168 Å². The lowest BCUT2D eigenvalue weighted by Crippen LogP contribution is -1.92. The number of hydrogen-bond donors (Lipinski definition) is 0. The van der Waals surface area contributed by atoms with E-state index in [1.807, 2.05) is 42.6 Å². The molecule has 2 aromatic heterocycles. The highest BCUT2D eigenvalue weighted by Gasteiger charge is 2.21. The van der Waals surface area contributed by atoms with Gasteiger partial charge in [0, 0.05) is 28.7 Å². The number of aromatic nitrogens is 1. The van der Waals surface area contributed by atoms with Crippen molar-refractivity contribution in [3.63, 3.8) is 0 Å². The van der Waals surface area contributed by atoms with Crippen molar-refractivity contribution in [1.82, 2.24) is 4.98 Å². The van der Waals surface area contributed by atoms with Gasteiger partial charge in [-0.15, -0.1) is 0 Å². The third-order valence-electron chi connectivity index (χ3n) is 8.64. The first-order valence-electron chi connectivity index (χ1n) is 17.4. The minimum Gasteiger partial charge on any atom is -0.456 e. The molecule has 0 aliphatic rings. The molecule has 0 amide bonds. The van der Waals surface area contributed by atoms with Gasteiger partial charge in [0.1, 0.15) is 11.2 Å². The molecule has 0 atom stereocenters. The molecule has 0 radical (unpaired) electrons. The predicted molar refractivity (Wildman–Crippen MR) is 188 cm³/mol.